The molecule has 1 aliphatic rings. The Balaban J connectivity index is 2.02. The molecule has 0 aliphatic carbocycles. The topological polar surface area (TPSA) is 67.2 Å². The number of sulfonamides is 1. The zero-order valence-electron chi connectivity index (χ0n) is 13.0. The first-order chi connectivity index (χ1) is 10.9. The van der Waals surface area contributed by atoms with E-state index in [0.29, 0.717) is 24.5 Å². The highest BCUT2D eigenvalue weighted by Gasteiger charge is 2.36. The van der Waals surface area contributed by atoms with Crippen LogP contribution < -0.4 is 5.32 Å². The van der Waals surface area contributed by atoms with E-state index >= 15 is 0 Å². The van der Waals surface area contributed by atoms with Gasteiger partial charge in [0.25, 0.3) is 0 Å². The third-order valence-electron chi connectivity index (χ3n) is 4.09. The van der Waals surface area contributed by atoms with Crippen LogP contribution in [0.1, 0.15) is 17.4 Å². The molecule has 0 radical (unpaired) electrons. The zero-order chi connectivity index (χ0) is 16.6. The molecule has 2 aromatic rings. The van der Waals surface area contributed by atoms with Crippen LogP contribution in [0, 0.1) is 6.92 Å². The molecule has 1 aromatic heterocycles. The molecule has 0 bridgehead atoms. The Bertz CT molecular complexity index is 819. The first kappa shape index (κ1) is 16.6. The largest absolute Gasteiger partial charge is 0.337 e. The number of halogens is 1. The van der Waals surface area contributed by atoms with E-state index in [-0.39, 0.29) is 6.04 Å². The van der Waals surface area contributed by atoms with E-state index in [1.165, 1.54) is 0 Å². The summed E-state index contributed by atoms with van der Waals surface area (Å²) in [4.78, 5) is 4.66. The lowest BCUT2D eigenvalue weighted by molar-refractivity contribution is 0.258. The fourth-order valence-corrected chi connectivity index (χ4v) is 4.72. The quantitative estimate of drug-likeness (QED) is 0.855. The average molecular weight is 399 g/mol. The Morgan fingerprint density at radius 1 is 1.39 bits per heavy atom. The van der Waals surface area contributed by atoms with Crippen LogP contribution in [0.5, 0.6) is 0 Å². The predicted octanol–water partition coefficient (Wildman–Crippen LogP) is 1.83. The molecule has 1 saturated heterocycles. The average Bonchev–Trinajstić information content (AvgIpc) is 2.96. The molecule has 3 rings (SSSR count). The van der Waals surface area contributed by atoms with E-state index in [1.54, 1.807) is 28.7 Å². The van der Waals surface area contributed by atoms with E-state index in [2.05, 4.69) is 26.2 Å². The second-order valence-electron chi connectivity index (χ2n) is 5.64. The molecular formula is C15H19BrN4O2S. The molecule has 23 heavy (non-hydrogen) atoms. The van der Waals surface area contributed by atoms with Crippen molar-refractivity contribution in [3.63, 3.8) is 0 Å². The van der Waals surface area contributed by atoms with Crippen LogP contribution in [0.2, 0.25) is 0 Å². The van der Waals surface area contributed by atoms with Gasteiger partial charge in [0, 0.05) is 43.5 Å². The number of rotatable bonds is 3. The molecular weight excluding hydrogens is 380 g/mol. The van der Waals surface area contributed by atoms with E-state index in [9.17, 15) is 8.42 Å². The number of hydrogen-bond acceptors (Lipinski definition) is 4. The summed E-state index contributed by atoms with van der Waals surface area (Å²) in [6, 6.07) is 4.82. The molecule has 1 aliphatic heterocycles. The molecule has 1 unspecified atom stereocenters. The Labute approximate surface area is 144 Å². The first-order valence-corrected chi connectivity index (χ1v) is 9.60. The fraction of sp³-hybridized carbons (Fsp3) is 0.400. The number of aryl methyl sites for hydroxylation is 2. The molecule has 124 valence electrons. The monoisotopic (exact) mass is 398 g/mol. The van der Waals surface area contributed by atoms with Crippen LogP contribution in [0.25, 0.3) is 0 Å². The van der Waals surface area contributed by atoms with Crippen molar-refractivity contribution in [3.05, 3.63) is 46.5 Å². The summed E-state index contributed by atoms with van der Waals surface area (Å²) < 4.78 is 30.5. The highest BCUT2D eigenvalue weighted by molar-refractivity contribution is 9.10. The van der Waals surface area contributed by atoms with Crippen LogP contribution in [0.4, 0.5) is 0 Å². The number of imidazole rings is 1. The van der Waals surface area contributed by atoms with E-state index in [4.69, 9.17) is 0 Å². The van der Waals surface area contributed by atoms with Crippen molar-refractivity contribution in [1.82, 2.24) is 19.2 Å². The molecule has 6 nitrogen and oxygen atoms in total. The molecule has 1 N–H and O–H groups in total. The van der Waals surface area contributed by atoms with Gasteiger partial charge in [-0.05, 0) is 30.7 Å². The predicted molar refractivity (Wildman–Crippen MR) is 91.6 cm³/mol. The highest BCUT2D eigenvalue weighted by atomic mass is 79.9. The Hall–Kier alpha value is -1.22. The Morgan fingerprint density at radius 3 is 2.83 bits per heavy atom. The van der Waals surface area contributed by atoms with Gasteiger partial charge >= 0.3 is 0 Å². The summed E-state index contributed by atoms with van der Waals surface area (Å²) in [5.74, 6) is 0.745. The molecule has 8 heteroatoms. The van der Waals surface area contributed by atoms with E-state index in [0.717, 1.165) is 15.9 Å². The summed E-state index contributed by atoms with van der Waals surface area (Å²) >= 11 is 3.41. The third-order valence-corrected chi connectivity index (χ3v) is 6.88. The molecule has 0 amide bonds. The first-order valence-electron chi connectivity index (χ1n) is 7.37. The lowest BCUT2D eigenvalue weighted by Crippen LogP contribution is -2.49. The van der Waals surface area contributed by atoms with Gasteiger partial charge in [0.05, 0.1) is 10.9 Å². The van der Waals surface area contributed by atoms with E-state index < -0.39 is 10.0 Å². The standard InChI is InChI=1S/C15H19BrN4O2S/c1-11-9-12(3-4-13(11)16)23(21,22)20-8-5-17-10-14(20)15-18-6-7-19(15)2/h3-4,6-7,9,14,17H,5,8,10H2,1-2H3. The molecule has 2 heterocycles. The second-order valence-corrected chi connectivity index (χ2v) is 8.39. The summed E-state index contributed by atoms with van der Waals surface area (Å²) in [6.07, 6.45) is 3.52. The smallest absolute Gasteiger partial charge is 0.243 e. The SMILES string of the molecule is Cc1cc(S(=O)(=O)N2CCNCC2c2nccn2C)ccc1Br. The second kappa shape index (κ2) is 6.35. The van der Waals surface area contributed by atoms with Gasteiger partial charge in [-0.25, -0.2) is 13.4 Å². The van der Waals surface area contributed by atoms with Crippen LogP contribution in [-0.4, -0.2) is 41.9 Å². The highest BCUT2D eigenvalue weighted by Crippen LogP contribution is 2.29. The molecule has 0 saturated carbocycles. The lowest BCUT2D eigenvalue weighted by Gasteiger charge is -2.34. The summed E-state index contributed by atoms with van der Waals surface area (Å²) in [5, 5.41) is 3.26. The maximum absolute atomic E-state index is 13.1. The van der Waals surface area contributed by atoms with Crippen molar-refractivity contribution >= 4 is 26.0 Å². The minimum absolute atomic E-state index is 0.308. The zero-order valence-corrected chi connectivity index (χ0v) is 15.4. The number of aromatic nitrogens is 2. The van der Waals surface area contributed by atoms with Crippen LogP contribution >= 0.6 is 15.9 Å². The number of piperazine rings is 1. The minimum Gasteiger partial charge on any atom is -0.337 e. The molecule has 1 atom stereocenters. The normalized spacial score (nSPS) is 19.9. The number of hydrogen-bond donors (Lipinski definition) is 1. The van der Waals surface area contributed by atoms with Gasteiger partial charge in [-0.1, -0.05) is 15.9 Å². The van der Waals surface area contributed by atoms with Gasteiger partial charge < -0.3 is 9.88 Å². The fourth-order valence-electron chi connectivity index (χ4n) is 2.80. The Morgan fingerprint density at radius 2 is 2.17 bits per heavy atom. The maximum atomic E-state index is 13.1. The van der Waals surface area contributed by atoms with E-state index in [1.807, 2.05) is 24.7 Å². The van der Waals surface area contributed by atoms with Crippen molar-refractivity contribution in [2.75, 3.05) is 19.6 Å². The van der Waals surface area contributed by atoms with Crippen molar-refractivity contribution in [3.8, 4) is 0 Å². The van der Waals surface area contributed by atoms with Crippen molar-refractivity contribution in [2.45, 2.75) is 17.9 Å². The number of nitrogens with one attached hydrogen (secondary N) is 1. The third kappa shape index (κ3) is 3.08. The van der Waals surface area contributed by atoms with Gasteiger partial charge in [-0.3, -0.25) is 0 Å². The summed E-state index contributed by atoms with van der Waals surface area (Å²) in [7, 11) is -1.69. The summed E-state index contributed by atoms with van der Waals surface area (Å²) in [6.45, 7) is 3.50. The van der Waals surface area contributed by atoms with Crippen LogP contribution in [0.3, 0.4) is 0 Å². The lowest BCUT2D eigenvalue weighted by atomic mass is 10.2. The Kier molecular flexibility index (Phi) is 4.59. The van der Waals surface area contributed by atoms with Gasteiger partial charge in [-0.2, -0.15) is 4.31 Å². The van der Waals surface area contributed by atoms with Gasteiger partial charge in [0.2, 0.25) is 10.0 Å². The summed E-state index contributed by atoms with van der Waals surface area (Å²) in [5.41, 5.74) is 0.898. The minimum atomic E-state index is -3.57. The number of benzene rings is 1. The maximum Gasteiger partial charge on any atom is 0.243 e. The van der Waals surface area contributed by atoms with Crippen LogP contribution in [0.15, 0.2) is 40.0 Å². The molecule has 1 fully saturated rings. The van der Waals surface area contributed by atoms with Gasteiger partial charge in [0.15, 0.2) is 0 Å². The van der Waals surface area contributed by atoms with Crippen molar-refractivity contribution < 1.29 is 8.42 Å². The van der Waals surface area contributed by atoms with Crippen molar-refractivity contribution in [2.24, 2.45) is 7.05 Å². The van der Waals surface area contributed by atoms with Gasteiger partial charge in [0.1, 0.15) is 5.82 Å². The van der Waals surface area contributed by atoms with Crippen LogP contribution in [-0.2, 0) is 17.1 Å². The number of nitrogens with zero attached hydrogens (tertiary/aromatic N) is 3. The molecule has 1 aromatic carbocycles. The van der Waals surface area contributed by atoms with Gasteiger partial charge in [-0.15, -0.1) is 0 Å². The molecule has 0 spiro atoms. The van der Waals surface area contributed by atoms with Crippen molar-refractivity contribution in [1.29, 1.82) is 0 Å².